The number of hydrogen-bond acceptors (Lipinski definition) is 2. The van der Waals surface area contributed by atoms with Crippen LogP contribution < -0.4 is 9.47 Å². The van der Waals surface area contributed by atoms with Gasteiger partial charge in [0.05, 0.1) is 13.2 Å². The maximum Gasteiger partial charge on any atom is 0.162 e. The molecule has 23 heavy (non-hydrogen) atoms. The Hall–Kier alpha value is -2.11. The number of rotatable bonds is 6. The zero-order chi connectivity index (χ0) is 16.8. The normalized spacial score (nSPS) is 10.4. The Labute approximate surface area is 143 Å². The largest absolute Gasteiger partial charge is 0.493 e. The monoisotopic (exact) mass is 328 g/mol. The molecule has 120 valence electrons. The topological polar surface area (TPSA) is 18.5 Å². The summed E-state index contributed by atoms with van der Waals surface area (Å²) in [5.74, 6) is 4.14. The summed E-state index contributed by atoms with van der Waals surface area (Å²) in [5.41, 5.74) is 3.31. The van der Waals surface area contributed by atoms with E-state index in [0.717, 1.165) is 34.6 Å². The zero-order valence-electron chi connectivity index (χ0n) is 13.7. The molecule has 0 aliphatic heterocycles. The Morgan fingerprint density at radius 3 is 2.57 bits per heavy atom. The van der Waals surface area contributed by atoms with E-state index < -0.39 is 0 Å². The van der Waals surface area contributed by atoms with Gasteiger partial charge in [0.15, 0.2) is 11.5 Å². The first-order valence-corrected chi connectivity index (χ1v) is 8.00. The van der Waals surface area contributed by atoms with Gasteiger partial charge in [-0.15, -0.1) is 12.3 Å². The molecule has 0 fully saturated rings. The van der Waals surface area contributed by atoms with E-state index >= 15 is 0 Å². The van der Waals surface area contributed by atoms with Crippen LogP contribution in [0.3, 0.4) is 0 Å². The molecule has 0 saturated carbocycles. The average Bonchev–Trinajstić information content (AvgIpc) is 2.52. The van der Waals surface area contributed by atoms with Crippen LogP contribution in [0.2, 0.25) is 5.02 Å². The van der Waals surface area contributed by atoms with Crippen LogP contribution in [0.15, 0.2) is 36.4 Å². The van der Waals surface area contributed by atoms with Crippen molar-refractivity contribution in [2.24, 2.45) is 0 Å². The molecular formula is C20H21ClO2. The fourth-order valence-corrected chi connectivity index (χ4v) is 2.64. The summed E-state index contributed by atoms with van der Waals surface area (Å²) in [5, 5.41) is 0.716. The molecule has 0 aromatic heterocycles. The standard InChI is InChI=1S/C20H21ClO2/c1-5-6-7-15-12-17(21)9-10-18(15)16-8-11-19(22-4)20(13-16)23-14(2)3/h1,8-14H,6-7H2,2-4H3. The van der Waals surface area contributed by atoms with E-state index in [4.69, 9.17) is 27.5 Å². The fourth-order valence-electron chi connectivity index (χ4n) is 2.45. The van der Waals surface area contributed by atoms with Crippen molar-refractivity contribution in [1.82, 2.24) is 0 Å². The lowest BCUT2D eigenvalue weighted by Gasteiger charge is -2.16. The molecule has 2 aromatic carbocycles. The van der Waals surface area contributed by atoms with Crippen LogP contribution >= 0.6 is 11.6 Å². The first-order valence-electron chi connectivity index (χ1n) is 7.62. The summed E-state index contributed by atoms with van der Waals surface area (Å²) in [6.07, 6.45) is 6.94. The zero-order valence-corrected chi connectivity index (χ0v) is 14.5. The average molecular weight is 329 g/mol. The molecule has 2 rings (SSSR count). The van der Waals surface area contributed by atoms with Crippen LogP contribution in [0.4, 0.5) is 0 Å². The van der Waals surface area contributed by atoms with Crippen LogP contribution in [0.5, 0.6) is 11.5 Å². The van der Waals surface area contributed by atoms with Crippen molar-refractivity contribution in [3.63, 3.8) is 0 Å². The van der Waals surface area contributed by atoms with Crippen molar-refractivity contribution in [3.05, 3.63) is 47.0 Å². The molecule has 0 aliphatic rings. The Morgan fingerprint density at radius 1 is 1.13 bits per heavy atom. The van der Waals surface area contributed by atoms with Crippen LogP contribution in [0.25, 0.3) is 11.1 Å². The molecule has 0 heterocycles. The Balaban J connectivity index is 2.47. The molecule has 0 amide bonds. The van der Waals surface area contributed by atoms with Gasteiger partial charge in [0.2, 0.25) is 0 Å². The highest BCUT2D eigenvalue weighted by Gasteiger charge is 2.11. The number of terminal acetylenes is 1. The fraction of sp³-hybridized carbons (Fsp3) is 0.300. The van der Waals surface area contributed by atoms with Crippen molar-refractivity contribution in [2.45, 2.75) is 32.8 Å². The number of aryl methyl sites for hydroxylation is 1. The molecular weight excluding hydrogens is 308 g/mol. The molecule has 0 bridgehead atoms. The van der Waals surface area contributed by atoms with Gasteiger partial charge in [0, 0.05) is 11.4 Å². The molecule has 0 saturated heterocycles. The molecule has 0 N–H and O–H groups in total. The summed E-state index contributed by atoms with van der Waals surface area (Å²) in [4.78, 5) is 0. The van der Waals surface area contributed by atoms with E-state index in [1.165, 1.54) is 0 Å². The second-order valence-electron chi connectivity index (χ2n) is 5.54. The minimum atomic E-state index is 0.0743. The van der Waals surface area contributed by atoms with Crippen LogP contribution in [-0.2, 0) is 6.42 Å². The van der Waals surface area contributed by atoms with E-state index in [0.29, 0.717) is 11.4 Å². The van der Waals surface area contributed by atoms with Crippen LogP contribution in [0, 0.1) is 12.3 Å². The van der Waals surface area contributed by atoms with E-state index in [1.807, 2.05) is 50.2 Å². The predicted molar refractivity (Wildman–Crippen MR) is 96.4 cm³/mol. The van der Waals surface area contributed by atoms with Crippen molar-refractivity contribution in [2.75, 3.05) is 7.11 Å². The maximum absolute atomic E-state index is 6.13. The van der Waals surface area contributed by atoms with Gasteiger partial charge < -0.3 is 9.47 Å². The molecule has 0 radical (unpaired) electrons. The third kappa shape index (κ3) is 4.43. The van der Waals surface area contributed by atoms with Crippen molar-refractivity contribution in [3.8, 4) is 35.0 Å². The van der Waals surface area contributed by atoms with E-state index in [9.17, 15) is 0 Å². The van der Waals surface area contributed by atoms with E-state index in [2.05, 4.69) is 5.92 Å². The predicted octanol–water partition coefficient (Wildman–Crippen LogP) is 5.37. The third-order valence-corrected chi connectivity index (χ3v) is 3.68. The van der Waals surface area contributed by atoms with Crippen molar-refractivity contribution >= 4 is 11.6 Å². The SMILES string of the molecule is C#CCCc1cc(Cl)ccc1-c1ccc(OC)c(OC(C)C)c1. The van der Waals surface area contributed by atoms with Crippen LogP contribution in [0.1, 0.15) is 25.8 Å². The molecule has 0 spiro atoms. The highest BCUT2D eigenvalue weighted by molar-refractivity contribution is 6.30. The Kier molecular flexibility index (Phi) is 5.96. The van der Waals surface area contributed by atoms with Gasteiger partial charge in [-0.3, -0.25) is 0 Å². The first-order chi connectivity index (χ1) is 11.0. The molecule has 0 aliphatic carbocycles. The highest BCUT2D eigenvalue weighted by atomic mass is 35.5. The number of hydrogen-bond donors (Lipinski definition) is 0. The number of benzene rings is 2. The first kappa shape index (κ1) is 17.2. The number of methoxy groups -OCH3 is 1. The van der Waals surface area contributed by atoms with Gasteiger partial charge in [-0.2, -0.15) is 0 Å². The van der Waals surface area contributed by atoms with Gasteiger partial charge in [0.25, 0.3) is 0 Å². The van der Waals surface area contributed by atoms with E-state index in [-0.39, 0.29) is 6.10 Å². The minimum Gasteiger partial charge on any atom is -0.493 e. The third-order valence-electron chi connectivity index (χ3n) is 3.44. The molecule has 0 unspecified atom stereocenters. The lowest BCUT2D eigenvalue weighted by Crippen LogP contribution is -2.06. The quantitative estimate of drug-likeness (QED) is 0.664. The van der Waals surface area contributed by atoms with E-state index in [1.54, 1.807) is 7.11 Å². The maximum atomic E-state index is 6.13. The summed E-state index contributed by atoms with van der Waals surface area (Å²) in [6.45, 7) is 3.99. The van der Waals surface area contributed by atoms with Crippen molar-refractivity contribution < 1.29 is 9.47 Å². The van der Waals surface area contributed by atoms with Crippen LogP contribution in [-0.4, -0.2) is 13.2 Å². The van der Waals surface area contributed by atoms with Gasteiger partial charge >= 0.3 is 0 Å². The number of ether oxygens (including phenoxy) is 2. The lowest BCUT2D eigenvalue weighted by molar-refractivity contribution is 0.230. The summed E-state index contributed by atoms with van der Waals surface area (Å²) >= 11 is 6.13. The minimum absolute atomic E-state index is 0.0743. The van der Waals surface area contributed by atoms with Gasteiger partial charge in [0.1, 0.15) is 0 Å². The Morgan fingerprint density at radius 2 is 1.91 bits per heavy atom. The summed E-state index contributed by atoms with van der Waals surface area (Å²) in [7, 11) is 1.64. The number of halogens is 1. The van der Waals surface area contributed by atoms with Gasteiger partial charge in [-0.25, -0.2) is 0 Å². The molecule has 2 nitrogen and oxygen atoms in total. The Bertz CT molecular complexity index is 714. The van der Waals surface area contributed by atoms with Gasteiger partial charge in [-0.1, -0.05) is 23.7 Å². The summed E-state index contributed by atoms with van der Waals surface area (Å²) < 4.78 is 11.2. The molecule has 2 aromatic rings. The second-order valence-corrected chi connectivity index (χ2v) is 5.97. The molecule has 0 atom stereocenters. The lowest BCUT2D eigenvalue weighted by atomic mass is 9.96. The summed E-state index contributed by atoms with van der Waals surface area (Å²) in [6, 6.07) is 11.8. The van der Waals surface area contributed by atoms with Gasteiger partial charge in [-0.05, 0) is 61.2 Å². The van der Waals surface area contributed by atoms with Crippen molar-refractivity contribution in [1.29, 1.82) is 0 Å². The smallest absolute Gasteiger partial charge is 0.162 e. The second kappa shape index (κ2) is 7.94. The molecule has 3 heteroatoms. The highest BCUT2D eigenvalue weighted by Crippen LogP contribution is 2.35.